The second-order valence-corrected chi connectivity index (χ2v) is 10.8. The van der Waals surface area contributed by atoms with Crippen molar-refractivity contribution in [2.45, 2.75) is 18.2 Å². The lowest BCUT2D eigenvalue weighted by molar-refractivity contribution is -0.116. The molecule has 0 aromatic heterocycles. The number of sulfonamides is 1. The molecule has 10 heteroatoms. The number of aryl methyl sites for hydroxylation is 1. The fraction of sp³-hybridized carbons (Fsp3) is 0.480. The number of hydrogen-bond donors (Lipinski definition) is 1. The molecule has 0 aliphatic carbocycles. The summed E-state index contributed by atoms with van der Waals surface area (Å²) in [7, 11) is -1.61. The van der Waals surface area contributed by atoms with Gasteiger partial charge in [-0.1, -0.05) is 18.2 Å². The van der Waals surface area contributed by atoms with E-state index in [2.05, 4.69) is 22.2 Å². The third kappa shape index (κ3) is 6.32. The van der Waals surface area contributed by atoms with Gasteiger partial charge >= 0.3 is 0 Å². The van der Waals surface area contributed by atoms with E-state index in [1.165, 1.54) is 4.31 Å². The Bertz CT molecular complexity index is 1130. The van der Waals surface area contributed by atoms with Gasteiger partial charge in [0.2, 0.25) is 15.9 Å². The molecule has 4 rings (SSSR count). The zero-order chi connectivity index (χ0) is 24.8. The van der Waals surface area contributed by atoms with Crippen LogP contribution in [0, 0.1) is 6.92 Å². The molecular weight excluding hydrogens is 468 g/mol. The number of carbonyl (C=O) groups is 1. The third-order valence-corrected chi connectivity index (χ3v) is 8.27. The highest BCUT2D eigenvalue weighted by Crippen LogP contribution is 2.31. The molecule has 2 heterocycles. The minimum Gasteiger partial charge on any atom is -0.493 e. The Labute approximate surface area is 207 Å². The van der Waals surface area contributed by atoms with Crippen LogP contribution < -0.4 is 15.0 Å². The maximum absolute atomic E-state index is 13.2. The van der Waals surface area contributed by atoms with Crippen LogP contribution in [0.25, 0.3) is 0 Å². The summed E-state index contributed by atoms with van der Waals surface area (Å²) < 4.78 is 39.0. The number of para-hydroxylation sites is 1. The Morgan fingerprint density at radius 1 is 1.03 bits per heavy atom. The van der Waals surface area contributed by atoms with Gasteiger partial charge in [0.1, 0.15) is 5.75 Å². The quantitative estimate of drug-likeness (QED) is 0.592. The molecule has 0 atom stereocenters. The summed E-state index contributed by atoms with van der Waals surface area (Å²) in [5.74, 6) is 0.520. The number of piperazine rings is 1. The minimum atomic E-state index is -3.68. The van der Waals surface area contributed by atoms with E-state index in [-0.39, 0.29) is 23.8 Å². The maximum atomic E-state index is 13.2. The zero-order valence-corrected chi connectivity index (χ0v) is 21.2. The van der Waals surface area contributed by atoms with Crippen LogP contribution in [0.4, 0.5) is 11.4 Å². The van der Waals surface area contributed by atoms with Crippen LogP contribution >= 0.6 is 0 Å². The van der Waals surface area contributed by atoms with Crippen LogP contribution in [0.1, 0.15) is 12.0 Å². The predicted octanol–water partition coefficient (Wildman–Crippen LogP) is 2.18. The molecule has 2 fully saturated rings. The first-order valence-corrected chi connectivity index (χ1v) is 13.4. The predicted molar refractivity (Wildman–Crippen MR) is 136 cm³/mol. The van der Waals surface area contributed by atoms with Crippen molar-refractivity contribution < 1.29 is 22.7 Å². The van der Waals surface area contributed by atoms with Crippen molar-refractivity contribution in [1.29, 1.82) is 0 Å². The van der Waals surface area contributed by atoms with Crippen molar-refractivity contribution >= 4 is 27.3 Å². The number of rotatable bonds is 8. The number of nitrogens with zero attached hydrogens (tertiary/aromatic N) is 3. The summed E-state index contributed by atoms with van der Waals surface area (Å²) in [6.07, 6.45) is 0.150. The average molecular weight is 503 g/mol. The summed E-state index contributed by atoms with van der Waals surface area (Å²) in [6.45, 7) is 6.96. The SMILES string of the molecule is Cc1ccccc1OCCC(=O)Nc1cc(S(=O)(=O)N2CCOCC2)ccc1N1CCN(C)CC1. The molecule has 2 aliphatic rings. The molecule has 35 heavy (non-hydrogen) atoms. The Balaban J connectivity index is 1.51. The molecule has 0 radical (unpaired) electrons. The molecule has 9 nitrogen and oxygen atoms in total. The molecule has 0 spiro atoms. The van der Waals surface area contributed by atoms with Crippen molar-refractivity contribution in [1.82, 2.24) is 9.21 Å². The molecule has 1 N–H and O–H groups in total. The van der Waals surface area contributed by atoms with Gasteiger partial charge in [-0.15, -0.1) is 0 Å². The van der Waals surface area contributed by atoms with E-state index < -0.39 is 10.0 Å². The van der Waals surface area contributed by atoms with E-state index in [0.29, 0.717) is 32.0 Å². The van der Waals surface area contributed by atoms with Crippen LogP contribution in [-0.2, 0) is 19.6 Å². The van der Waals surface area contributed by atoms with Crippen molar-refractivity contribution in [2.24, 2.45) is 0 Å². The Morgan fingerprint density at radius 2 is 1.74 bits per heavy atom. The highest BCUT2D eigenvalue weighted by atomic mass is 32.2. The molecule has 0 saturated carbocycles. The zero-order valence-electron chi connectivity index (χ0n) is 20.4. The summed E-state index contributed by atoms with van der Waals surface area (Å²) in [4.78, 5) is 17.4. The van der Waals surface area contributed by atoms with Crippen molar-refractivity contribution in [3.05, 3.63) is 48.0 Å². The van der Waals surface area contributed by atoms with E-state index in [1.54, 1.807) is 18.2 Å². The highest BCUT2D eigenvalue weighted by molar-refractivity contribution is 7.89. The smallest absolute Gasteiger partial charge is 0.243 e. The molecule has 190 valence electrons. The number of hydrogen-bond acceptors (Lipinski definition) is 7. The average Bonchev–Trinajstić information content (AvgIpc) is 2.86. The number of amides is 1. The van der Waals surface area contributed by atoms with Crippen LogP contribution in [0.5, 0.6) is 5.75 Å². The van der Waals surface area contributed by atoms with E-state index in [1.807, 2.05) is 31.2 Å². The molecular formula is C25H34N4O5S. The first-order chi connectivity index (χ1) is 16.8. The van der Waals surface area contributed by atoms with E-state index in [0.717, 1.165) is 43.2 Å². The summed E-state index contributed by atoms with van der Waals surface area (Å²) >= 11 is 0. The van der Waals surface area contributed by atoms with E-state index in [4.69, 9.17) is 9.47 Å². The first kappa shape index (κ1) is 25.4. The Morgan fingerprint density at radius 3 is 2.46 bits per heavy atom. The lowest BCUT2D eigenvalue weighted by Crippen LogP contribution is -2.44. The number of carbonyl (C=O) groups excluding carboxylic acids is 1. The highest BCUT2D eigenvalue weighted by Gasteiger charge is 2.28. The molecule has 2 aromatic carbocycles. The monoisotopic (exact) mass is 502 g/mol. The standard InChI is InChI=1S/C25H34N4O5S/c1-20-5-3-4-6-24(20)34-16-9-25(30)26-22-19-21(35(31,32)29-14-17-33-18-15-29)7-8-23(22)28-12-10-27(2)11-13-28/h3-8,19H,9-18H2,1-2H3,(H,26,30). The molecule has 2 aromatic rings. The van der Waals surface area contributed by atoms with Gasteiger partial charge in [-0.05, 0) is 43.8 Å². The van der Waals surface area contributed by atoms with Gasteiger partial charge < -0.3 is 24.6 Å². The Hall–Kier alpha value is -2.66. The normalized spacial score (nSPS) is 17.8. The fourth-order valence-electron chi connectivity index (χ4n) is 4.22. The summed E-state index contributed by atoms with van der Waals surface area (Å²) in [5, 5.41) is 2.95. The van der Waals surface area contributed by atoms with E-state index >= 15 is 0 Å². The lowest BCUT2D eigenvalue weighted by atomic mass is 10.2. The van der Waals surface area contributed by atoms with Gasteiger partial charge in [0, 0.05) is 39.3 Å². The van der Waals surface area contributed by atoms with Gasteiger partial charge in [-0.3, -0.25) is 4.79 Å². The number of ether oxygens (including phenoxy) is 2. The van der Waals surface area contributed by atoms with Crippen molar-refractivity contribution in [3.8, 4) is 5.75 Å². The van der Waals surface area contributed by atoms with Crippen molar-refractivity contribution in [3.63, 3.8) is 0 Å². The molecule has 2 saturated heterocycles. The molecule has 0 bridgehead atoms. The number of morpholine rings is 1. The number of nitrogens with one attached hydrogen (secondary N) is 1. The molecule has 0 unspecified atom stereocenters. The first-order valence-electron chi connectivity index (χ1n) is 12.0. The van der Waals surface area contributed by atoms with Crippen LogP contribution in [-0.4, -0.2) is 89.7 Å². The van der Waals surface area contributed by atoms with Gasteiger partial charge in [0.15, 0.2) is 0 Å². The second kappa shape index (κ2) is 11.4. The van der Waals surface area contributed by atoms with Gasteiger partial charge in [-0.25, -0.2) is 8.42 Å². The van der Waals surface area contributed by atoms with Crippen LogP contribution in [0.3, 0.4) is 0 Å². The largest absolute Gasteiger partial charge is 0.493 e. The number of anilines is 2. The van der Waals surface area contributed by atoms with Gasteiger partial charge in [0.05, 0.1) is 42.5 Å². The molecule has 1 amide bonds. The number of likely N-dealkylation sites (N-methyl/N-ethyl adjacent to an activating group) is 1. The fourth-order valence-corrected chi connectivity index (χ4v) is 5.65. The number of benzene rings is 2. The van der Waals surface area contributed by atoms with E-state index in [9.17, 15) is 13.2 Å². The van der Waals surface area contributed by atoms with Crippen molar-refractivity contribution in [2.75, 3.05) is 76.4 Å². The van der Waals surface area contributed by atoms with Gasteiger partial charge in [-0.2, -0.15) is 4.31 Å². The minimum absolute atomic E-state index is 0.150. The maximum Gasteiger partial charge on any atom is 0.243 e. The van der Waals surface area contributed by atoms with Crippen LogP contribution in [0.15, 0.2) is 47.4 Å². The summed E-state index contributed by atoms with van der Waals surface area (Å²) in [6, 6.07) is 12.7. The third-order valence-electron chi connectivity index (χ3n) is 6.37. The van der Waals surface area contributed by atoms with Gasteiger partial charge in [0.25, 0.3) is 0 Å². The van der Waals surface area contributed by atoms with Crippen LogP contribution in [0.2, 0.25) is 0 Å². The Kier molecular flexibility index (Phi) is 8.27. The topological polar surface area (TPSA) is 91.4 Å². The lowest BCUT2D eigenvalue weighted by Gasteiger charge is -2.35. The second-order valence-electron chi connectivity index (χ2n) is 8.90. The molecule has 2 aliphatic heterocycles. The summed E-state index contributed by atoms with van der Waals surface area (Å²) in [5.41, 5.74) is 2.34.